The Hall–Kier alpha value is -2.08. The third-order valence-electron chi connectivity index (χ3n) is 5.62. The van der Waals surface area contributed by atoms with Gasteiger partial charge in [0.2, 0.25) is 11.8 Å². The van der Waals surface area contributed by atoms with E-state index < -0.39 is 0 Å². The van der Waals surface area contributed by atoms with E-state index >= 15 is 0 Å². The number of ether oxygens (including phenoxy) is 1. The second kappa shape index (κ2) is 7.44. The van der Waals surface area contributed by atoms with Gasteiger partial charge in [0.25, 0.3) is 0 Å². The van der Waals surface area contributed by atoms with Crippen LogP contribution in [-0.2, 0) is 9.59 Å². The van der Waals surface area contributed by atoms with Crippen LogP contribution in [0, 0.1) is 11.8 Å². The van der Waals surface area contributed by atoms with Crippen molar-refractivity contribution in [3.8, 4) is 5.75 Å². The van der Waals surface area contributed by atoms with E-state index in [1.807, 2.05) is 29.2 Å². The molecule has 2 N–H and O–H groups in total. The summed E-state index contributed by atoms with van der Waals surface area (Å²) in [6.45, 7) is 2.16. The van der Waals surface area contributed by atoms with Gasteiger partial charge in [-0.3, -0.25) is 9.59 Å². The number of hydrogen-bond acceptors (Lipinski definition) is 4. The van der Waals surface area contributed by atoms with Crippen molar-refractivity contribution in [1.82, 2.24) is 9.80 Å². The van der Waals surface area contributed by atoms with E-state index in [-0.39, 0.29) is 30.2 Å². The highest BCUT2D eigenvalue weighted by Crippen LogP contribution is 2.39. The summed E-state index contributed by atoms with van der Waals surface area (Å²) in [6.07, 6.45) is 2.18. The fraction of sp³-hybridized carbons (Fsp3) is 0.579. The molecule has 0 radical (unpaired) electrons. The van der Waals surface area contributed by atoms with E-state index in [0.29, 0.717) is 12.5 Å². The minimum Gasteiger partial charge on any atom is -0.497 e. The number of carbonyl (C=O) groups is 2. The normalized spacial score (nSPS) is 24.7. The van der Waals surface area contributed by atoms with Crippen molar-refractivity contribution in [2.45, 2.75) is 25.3 Å². The highest BCUT2D eigenvalue weighted by atomic mass is 16.5. The van der Waals surface area contributed by atoms with E-state index in [0.717, 1.165) is 37.2 Å². The summed E-state index contributed by atoms with van der Waals surface area (Å²) in [5.41, 5.74) is 6.72. The molecule has 0 bridgehead atoms. The van der Waals surface area contributed by atoms with Crippen LogP contribution in [-0.4, -0.2) is 55.4 Å². The number of nitrogens with two attached hydrogens (primary N) is 1. The van der Waals surface area contributed by atoms with E-state index in [2.05, 4.69) is 0 Å². The Morgan fingerprint density at radius 1 is 1.24 bits per heavy atom. The third kappa shape index (κ3) is 3.49. The molecule has 2 fully saturated rings. The molecule has 3 rings (SSSR count). The van der Waals surface area contributed by atoms with Gasteiger partial charge in [0, 0.05) is 26.6 Å². The van der Waals surface area contributed by atoms with Crippen molar-refractivity contribution >= 4 is 11.8 Å². The first-order chi connectivity index (χ1) is 12.0. The zero-order valence-corrected chi connectivity index (χ0v) is 15.0. The number of likely N-dealkylation sites (tertiary alicyclic amines) is 2. The summed E-state index contributed by atoms with van der Waals surface area (Å²) in [6, 6.07) is 7.43. The molecule has 25 heavy (non-hydrogen) atoms. The first kappa shape index (κ1) is 17.7. The monoisotopic (exact) mass is 345 g/mol. The first-order valence-corrected chi connectivity index (χ1v) is 8.93. The first-order valence-electron chi connectivity index (χ1n) is 8.93. The predicted octanol–water partition coefficient (Wildman–Crippen LogP) is 1.41. The molecule has 2 heterocycles. The lowest BCUT2D eigenvalue weighted by Gasteiger charge is -2.34. The maximum Gasteiger partial charge on any atom is 0.228 e. The van der Waals surface area contributed by atoms with E-state index in [1.54, 1.807) is 19.1 Å². The largest absolute Gasteiger partial charge is 0.497 e. The molecule has 6 heteroatoms. The SMILES string of the molecule is COc1ccc([C@H]2[C@@H](C(=O)N3CCC(CN)CC3)CC(=O)N2C)cc1. The number of piperidine rings is 1. The van der Waals surface area contributed by atoms with Crippen LogP contribution in [0.5, 0.6) is 5.75 Å². The van der Waals surface area contributed by atoms with Crippen molar-refractivity contribution < 1.29 is 14.3 Å². The van der Waals surface area contributed by atoms with Crippen LogP contribution in [0.4, 0.5) is 0 Å². The maximum atomic E-state index is 13.1. The Morgan fingerprint density at radius 3 is 2.44 bits per heavy atom. The number of methoxy groups -OCH3 is 1. The number of rotatable bonds is 4. The summed E-state index contributed by atoms with van der Waals surface area (Å²) in [5, 5.41) is 0. The lowest BCUT2D eigenvalue weighted by atomic mass is 9.90. The number of amides is 2. The van der Waals surface area contributed by atoms with Crippen molar-refractivity contribution in [2.24, 2.45) is 17.6 Å². The van der Waals surface area contributed by atoms with Crippen LogP contribution in [0.25, 0.3) is 0 Å². The molecule has 0 aliphatic carbocycles. The minimum atomic E-state index is -0.319. The topological polar surface area (TPSA) is 75.9 Å². The highest BCUT2D eigenvalue weighted by Gasteiger charge is 2.44. The van der Waals surface area contributed by atoms with Crippen LogP contribution in [0.1, 0.15) is 30.9 Å². The molecule has 2 amide bonds. The van der Waals surface area contributed by atoms with Gasteiger partial charge >= 0.3 is 0 Å². The summed E-state index contributed by atoms with van der Waals surface area (Å²) in [7, 11) is 3.41. The lowest BCUT2D eigenvalue weighted by molar-refractivity contribution is -0.138. The van der Waals surface area contributed by atoms with Crippen molar-refractivity contribution in [2.75, 3.05) is 33.8 Å². The fourth-order valence-corrected chi connectivity index (χ4v) is 3.97. The van der Waals surface area contributed by atoms with Gasteiger partial charge < -0.3 is 20.3 Å². The van der Waals surface area contributed by atoms with Crippen LogP contribution >= 0.6 is 0 Å². The lowest BCUT2D eigenvalue weighted by Crippen LogP contribution is -2.44. The molecule has 2 aliphatic rings. The molecule has 0 unspecified atom stereocenters. The molecule has 2 atom stereocenters. The zero-order valence-electron chi connectivity index (χ0n) is 15.0. The summed E-state index contributed by atoms with van der Waals surface area (Å²) < 4.78 is 5.20. The van der Waals surface area contributed by atoms with Crippen LogP contribution in [0.3, 0.4) is 0 Å². The Labute approximate surface area is 148 Å². The summed E-state index contributed by atoms with van der Waals surface area (Å²) in [4.78, 5) is 29.0. The molecule has 0 saturated carbocycles. The quantitative estimate of drug-likeness (QED) is 0.895. The van der Waals surface area contributed by atoms with Crippen LogP contribution in [0.15, 0.2) is 24.3 Å². The standard InChI is InChI=1S/C19H27N3O3/c1-21-17(23)11-16(18(21)14-3-5-15(25-2)6-4-14)19(24)22-9-7-13(12-20)8-10-22/h3-6,13,16,18H,7-12,20H2,1-2H3/t16-,18-/m0/s1. The third-order valence-corrected chi connectivity index (χ3v) is 5.62. The predicted molar refractivity (Wildman–Crippen MR) is 95.0 cm³/mol. The second-order valence-electron chi connectivity index (χ2n) is 7.04. The average Bonchev–Trinajstić information content (AvgIpc) is 2.96. The summed E-state index contributed by atoms with van der Waals surface area (Å²) >= 11 is 0. The van der Waals surface area contributed by atoms with Gasteiger partial charge in [0.05, 0.1) is 19.1 Å². The Bertz CT molecular complexity index is 623. The van der Waals surface area contributed by atoms with Crippen LogP contribution < -0.4 is 10.5 Å². The molecule has 136 valence electrons. The fourth-order valence-electron chi connectivity index (χ4n) is 3.97. The van der Waals surface area contributed by atoms with Crippen molar-refractivity contribution in [1.29, 1.82) is 0 Å². The molecular weight excluding hydrogens is 318 g/mol. The van der Waals surface area contributed by atoms with Gasteiger partial charge in [0.1, 0.15) is 5.75 Å². The van der Waals surface area contributed by atoms with Gasteiger partial charge in [-0.25, -0.2) is 0 Å². The number of carbonyl (C=O) groups excluding carboxylic acids is 2. The van der Waals surface area contributed by atoms with Gasteiger partial charge in [-0.2, -0.15) is 0 Å². The minimum absolute atomic E-state index is 0.0241. The Kier molecular flexibility index (Phi) is 5.27. The van der Waals surface area contributed by atoms with E-state index in [4.69, 9.17) is 10.5 Å². The molecule has 1 aromatic rings. The molecule has 0 aromatic heterocycles. The molecule has 2 aliphatic heterocycles. The van der Waals surface area contributed by atoms with E-state index in [9.17, 15) is 9.59 Å². The van der Waals surface area contributed by atoms with Crippen LogP contribution in [0.2, 0.25) is 0 Å². The summed E-state index contributed by atoms with van der Waals surface area (Å²) in [5.74, 6) is 1.07. The maximum absolute atomic E-state index is 13.1. The average molecular weight is 345 g/mol. The molecule has 6 nitrogen and oxygen atoms in total. The molecule has 2 saturated heterocycles. The van der Waals surface area contributed by atoms with Gasteiger partial charge in [-0.15, -0.1) is 0 Å². The van der Waals surface area contributed by atoms with Crippen molar-refractivity contribution in [3.63, 3.8) is 0 Å². The number of hydrogen-bond donors (Lipinski definition) is 1. The van der Waals surface area contributed by atoms with Gasteiger partial charge in [-0.05, 0) is 43.0 Å². The number of nitrogens with zero attached hydrogens (tertiary/aromatic N) is 2. The van der Waals surface area contributed by atoms with Gasteiger partial charge in [-0.1, -0.05) is 12.1 Å². The van der Waals surface area contributed by atoms with Crippen molar-refractivity contribution in [3.05, 3.63) is 29.8 Å². The zero-order chi connectivity index (χ0) is 18.0. The second-order valence-corrected chi connectivity index (χ2v) is 7.04. The molecule has 0 spiro atoms. The molecular formula is C19H27N3O3. The highest BCUT2D eigenvalue weighted by molar-refractivity contribution is 5.90. The Morgan fingerprint density at radius 2 is 1.88 bits per heavy atom. The molecule has 1 aromatic carbocycles. The number of benzene rings is 1. The Balaban J connectivity index is 1.78. The van der Waals surface area contributed by atoms with E-state index in [1.165, 1.54) is 0 Å². The smallest absolute Gasteiger partial charge is 0.228 e. The van der Waals surface area contributed by atoms with Gasteiger partial charge in [0.15, 0.2) is 0 Å².